The van der Waals surface area contributed by atoms with Gasteiger partial charge in [-0.15, -0.1) is 0 Å². The second-order valence-corrected chi connectivity index (χ2v) is 4.90. The lowest BCUT2D eigenvalue weighted by molar-refractivity contribution is 0.174. The molecule has 1 aliphatic heterocycles. The van der Waals surface area contributed by atoms with Crippen molar-refractivity contribution in [1.82, 2.24) is 0 Å². The van der Waals surface area contributed by atoms with Crippen molar-refractivity contribution < 1.29 is 28.8 Å². The second-order valence-electron chi connectivity index (χ2n) is 4.90. The summed E-state index contributed by atoms with van der Waals surface area (Å²) in [5.41, 5.74) is 1.17. The second kappa shape index (κ2) is 4.49. The number of furan rings is 1. The summed E-state index contributed by atoms with van der Waals surface area (Å²) in [6.07, 6.45) is 0. The van der Waals surface area contributed by atoms with E-state index in [1.165, 1.54) is 19.2 Å². The maximum absolute atomic E-state index is 9.88. The van der Waals surface area contributed by atoms with Gasteiger partial charge < -0.3 is 28.8 Å². The van der Waals surface area contributed by atoms with E-state index >= 15 is 0 Å². The molecule has 0 atom stereocenters. The molecule has 0 radical (unpaired) electrons. The summed E-state index contributed by atoms with van der Waals surface area (Å²) in [5, 5.41) is 20.6. The zero-order valence-electron chi connectivity index (χ0n) is 11.6. The number of hydrogen-bond donors (Lipinski definition) is 2. The molecule has 0 saturated carbocycles. The zero-order chi connectivity index (χ0) is 15.3. The Morgan fingerprint density at radius 2 is 1.64 bits per heavy atom. The average Bonchev–Trinajstić information content (AvgIpc) is 3.09. The van der Waals surface area contributed by atoms with Gasteiger partial charge in [0, 0.05) is 17.0 Å². The van der Waals surface area contributed by atoms with Gasteiger partial charge in [-0.3, -0.25) is 0 Å². The van der Waals surface area contributed by atoms with Crippen LogP contribution in [0.3, 0.4) is 0 Å². The molecule has 0 fully saturated rings. The largest absolute Gasteiger partial charge is 0.504 e. The number of hydrogen-bond acceptors (Lipinski definition) is 6. The van der Waals surface area contributed by atoms with E-state index in [9.17, 15) is 10.2 Å². The van der Waals surface area contributed by atoms with E-state index in [-0.39, 0.29) is 24.0 Å². The lowest BCUT2D eigenvalue weighted by Crippen LogP contribution is -1.92. The molecule has 6 nitrogen and oxygen atoms in total. The first-order valence-electron chi connectivity index (χ1n) is 6.59. The first kappa shape index (κ1) is 12.7. The van der Waals surface area contributed by atoms with Gasteiger partial charge in [0.1, 0.15) is 11.3 Å². The Morgan fingerprint density at radius 3 is 2.32 bits per heavy atom. The van der Waals surface area contributed by atoms with Crippen LogP contribution in [-0.4, -0.2) is 24.1 Å². The Labute approximate surface area is 125 Å². The van der Waals surface area contributed by atoms with E-state index < -0.39 is 0 Å². The van der Waals surface area contributed by atoms with Gasteiger partial charge >= 0.3 is 0 Å². The Morgan fingerprint density at radius 1 is 0.955 bits per heavy atom. The highest BCUT2D eigenvalue weighted by atomic mass is 16.7. The number of ether oxygens (including phenoxy) is 3. The van der Waals surface area contributed by atoms with Crippen LogP contribution in [-0.2, 0) is 0 Å². The van der Waals surface area contributed by atoms with Crippen molar-refractivity contribution in [3.05, 3.63) is 30.3 Å². The molecule has 1 aliphatic rings. The van der Waals surface area contributed by atoms with Gasteiger partial charge in [0.25, 0.3) is 0 Å². The molecule has 112 valence electrons. The van der Waals surface area contributed by atoms with Gasteiger partial charge in [-0.05, 0) is 24.3 Å². The van der Waals surface area contributed by atoms with Gasteiger partial charge in [-0.2, -0.15) is 0 Å². The molecule has 0 unspecified atom stereocenters. The van der Waals surface area contributed by atoms with Crippen LogP contribution < -0.4 is 14.2 Å². The van der Waals surface area contributed by atoms with Crippen LogP contribution in [0.5, 0.6) is 28.7 Å². The molecule has 6 heteroatoms. The molecule has 4 rings (SSSR count). The molecule has 2 aromatic carbocycles. The van der Waals surface area contributed by atoms with Crippen molar-refractivity contribution in [2.75, 3.05) is 13.9 Å². The summed E-state index contributed by atoms with van der Waals surface area (Å²) >= 11 is 0. The van der Waals surface area contributed by atoms with Crippen LogP contribution in [0, 0.1) is 0 Å². The van der Waals surface area contributed by atoms with Crippen LogP contribution in [0.1, 0.15) is 0 Å². The molecule has 22 heavy (non-hydrogen) atoms. The monoisotopic (exact) mass is 300 g/mol. The molecule has 2 heterocycles. The summed E-state index contributed by atoms with van der Waals surface area (Å²) in [6.45, 7) is 0.203. The molecule has 1 aromatic heterocycles. The average molecular weight is 300 g/mol. The highest BCUT2D eigenvalue weighted by molar-refractivity contribution is 5.86. The third kappa shape index (κ3) is 1.81. The van der Waals surface area contributed by atoms with Crippen LogP contribution in [0.2, 0.25) is 0 Å². The summed E-state index contributed by atoms with van der Waals surface area (Å²) in [7, 11) is 1.37. The minimum Gasteiger partial charge on any atom is -0.504 e. The molecule has 0 aliphatic carbocycles. The summed E-state index contributed by atoms with van der Waals surface area (Å²) < 4.78 is 21.3. The lowest BCUT2D eigenvalue weighted by atomic mass is 10.1. The molecule has 3 aromatic rings. The topological polar surface area (TPSA) is 81.3 Å². The first-order chi connectivity index (χ1) is 10.7. The third-order valence-corrected chi connectivity index (χ3v) is 3.55. The standard InChI is InChI=1S/C16H12O6/c1-19-16-10(17)2-8(3-11(16)18)12-4-9-5-14-15(21-7-20-14)6-13(9)22-12/h2-6,17-18H,7H2,1H3. The van der Waals surface area contributed by atoms with Crippen LogP contribution in [0.25, 0.3) is 22.3 Å². The summed E-state index contributed by atoms with van der Waals surface area (Å²) in [5.74, 6) is 1.51. The molecule has 0 bridgehead atoms. The van der Waals surface area contributed by atoms with E-state index in [2.05, 4.69) is 0 Å². The predicted octanol–water partition coefficient (Wildman–Crippen LogP) is 3.25. The van der Waals surface area contributed by atoms with E-state index in [0.717, 1.165) is 5.39 Å². The smallest absolute Gasteiger partial charge is 0.231 e. The number of phenolic OH excluding ortho intramolecular Hbond substituents is 2. The minimum absolute atomic E-state index is 0.0284. The van der Waals surface area contributed by atoms with Crippen molar-refractivity contribution in [3.63, 3.8) is 0 Å². The molecule has 0 spiro atoms. The van der Waals surface area contributed by atoms with Crippen molar-refractivity contribution in [3.8, 4) is 40.1 Å². The first-order valence-corrected chi connectivity index (χ1v) is 6.59. The normalized spacial score (nSPS) is 12.8. The Bertz CT molecular complexity index is 816. The number of rotatable bonds is 2. The van der Waals surface area contributed by atoms with Gasteiger partial charge in [-0.25, -0.2) is 0 Å². The van der Waals surface area contributed by atoms with Gasteiger partial charge in [0.15, 0.2) is 23.0 Å². The SMILES string of the molecule is COc1c(O)cc(-c2cc3cc4c(cc3o2)OCO4)cc1O. The number of benzene rings is 2. The Hall–Kier alpha value is -3.02. The van der Waals surface area contributed by atoms with E-state index in [4.69, 9.17) is 18.6 Å². The van der Waals surface area contributed by atoms with Gasteiger partial charge in [0.05, 0.1) is 7.11 Å². The fourth-order valence-corrected chi connectivity index (χ4v) is 2.52. The van der Waals surface area contributed by atoms with Crippen molar-refractivity contribution in [2.45, 2.75) is 0 Å². The number of methoxy groups -OCH3 is 1. The fraction of sp³-hybridized carbons (Fsp3) is 0.125. The van der Waals surface area contributed by atoms with Crippen LogP contribution in [0.4, 0.5) is 0 Å². The van der Waals surface area contributed by atoms with Crippen LogP contribution in [0.15, 0.2) is 34.7 Å². The highest BCUT2D eigenvalue weighted by Gasteiger charge is 2.18. The minimum atomic E-state index is -0.160. The molecular weight excluding hydrogens is 288 g/mol. The maximum Gasteiger partial charge on any atom is 0.231 e. The molecule has 0 saturated heterocycles. The Kier molecular flexibility index (Phi) is 2.59. The summed E-state index contributed by atoms with van der Waals surface area (Å²) in [4.78, 5) is 0. The van der Waals surface area contributed by atoms with Gasteiger partial charge in [0.2, 0.25) is 12.5 Å². The van der Waals surface area contributed by atoms with Crippen molar-refractivity contribution >= 4 is 11.0 Å². The molecule has 0 amide bonds. The Balaban J connectivity index is 1.84. The van der Waals surface area contributed by atoms with E-state index in [1.807, 2.05) is 6.07 Å². The fourth-order valence-electron chi connectivity index (χ4n) is 2.52. The van der Waals surface area contributed by atoms with E-state index in [0.29, 0.717) is 28.4 Å². The molecular formula is C16H12O6. The van der Waals surface area contributed by atoms with Gasteiger partial charge in [-0.1, -0.05) is 0 Å². The molecule has 2 N–H and O–H groups in total. The number of aromatic hydroxyl groups is 2. The van der Waals surface area contributed by atoms with E-state index in [1.54, 1.807) is 12.1 Å². The number of fused-ring (bicyclic) bond motifs is 2. The lowest BCUT2D eigenvalue weighted by Gasteiger charge is -2.07. The third-order valence-electron chi connectivity index (χ3n) is 3.55. The zero-order valence-corrected chi connectivity index (χ0v) is 11.6. The number of phenols is 2. The van der Waals surface area contributed by atoms with Crippen molar-refractivity contribution in [2.24, 2.45) is 0 Å². The maximum atomic E-state index is 9.88. The van der Waals surface area contributed by atoms with Crippen LogP contribution >= 0.6 is 0 Å². The predicted molar refractivity (Wildman–Crippen MR) is 77.7 cm³/mol. The van der Waals surface area contributed by atoms with Crippen molar-refractivity contribution in [1.29, 1.82) is 0 Å². The highest BCUT2D eigenvalue weighted by Crippen LogP contribution is 2.42. The quantitative estimate of drug-likeness (QED) is 0.756. The summed E-state index contributed by atoms with van der Waals surface area (Å²) in [6, 6.07) is 8.32.